The summed E-state index contributed by atoms with van der Waals surface area (Å²) in [5, 5.41) is 18.9. The summed E-state index contributed by atoms with van der Waals surface area (Å²) >= 11 is 1.43. The normalized spacial score (nSPS) is 11.4. The minimum absolute atomic E-state index is 0.0621. The number of carboxylic acid groups (broad SMARTS) is 2. The molecule has 0 aliphatic heterocycles. The Bertz CT molecular complexity index is 1120. The molecule has 8 nitrogen and oxygen atoms in total. The number of aromatic carboxylic acids is 2. The Kier molecular flexibility index (Phi) is 4.38. The van der Waals surface area contributed by atoms with Crippen LogP contribution in [0.3, 0.4) is 0 Å². The van der Waals surface area contributed by atoms with E-state index in [1.54, 1.807) is 6.07 Å². The lowest BCUT2D eigenvalue weighted by molar-refractivity contribution is 0.0696. The van der Waals surface area contributed by atoms with Crippen LogP contribution in [0.4, 0.5) is 5.69 Å². The van der Waals surface area contributed by atoms with Crippen LogP contribution in [0, 0.1) is 6.92 Å². The Labute approximate surface area is 151 Å². The lowest BCUT2D eigenvalue weighted by atomic mass is 10.1. The summed E-state index contributed by atoms with van der Waals surface area (Å²) in [7, 11) is -4.05. The third kappa shape index (κ3) is 3.51. The molecule has 134 valence electrons. The van der Waals surface area contributed by atoms with E-state index in [9.17, 15) is 18.0 Å². The van der Waals surface area contributed by atoms with Crippen molar-refractivity contribution >= 4 is 49.2 Å². The first-order chi connectivity index (χ1) is 12.2. The standard InChI is InChI=1S/C16H12N2O6S2/c1-8-17-13-7-12(2-3-14(13)25-8)26(23,24)18-11-5-9(15(19)20)4-10(6-11)16(21)22/h2-7,18H,1H3,(H,19,20)(H,21,22). The second kappa shape index (κ2) is 6.39. The van der Waals surface area contributed by atoms with Crippen molar-refractivity contribution in [3.63, 3.8) is 0 Å². The molecule has 3 N–H and O–H groups in total. The summed E-state index contributed by atoms with van der Waals surface area (Å²) < 4.78 is 28.2. The van der Waals surface area contributed by atoms with Gasteiger partial charge in [-0.3, -0.25) is 4.72 Å². The first kappa shape index (κ1) is 17.8. The highest BCUT2D eigenvalue weighted by Gasteiger charge is 2.18. The molecule has 0 spiro atoms. The number of nitrogens with one attached hydrogen (secondary N) is 1. The SMILES string of the molecule is Cc1nc2cc(S(=O)(=O)Nc3cc(C(=O)O)cc(C(=O)O)c3)ccc2s1. The van der Waals surface area contributed by atoms with Gasteiger partial charge in [0.25, 0.3) is 10.0 Å². The number of aryl methyl sites for hydroxylation is 1. The van der Waals surface area contributed by atoms with Gasteiger partial charge in [-0.2, -0.15) is 0 Å². The number of sulfonamides is 1. The summed E-state index contributed by atoms with van der Waals surface area (Å²) in [6.07, 6.45) is 0. The van der Waals surface area contributed by atoms with E-state index in [-0.39, 0.29) is 21.7 Å². The van der Waals surface area contributed by atoms with Crippen molar-refractivity contribution in [2.24, 2.45) is 0 Å². The summed E-state index contributed by atoms with van der Waals surface area (Å²) in [6.45, 7) is 1.81. The fourth-order valence-electron chi connectivity index (χ4n) is 2.34. The number of carbonyl (C=O) groups is 2. The number of aromatic nitrogens is 1. The van der Waals surface area contributed by atoms with Crippen LogP contribution in [-0.4, -0.2) is 35.6 Å². The van der Waals surface area contributed by atoms with E-state index in [1.807, 2.05) is 6.92 Å². The molecule has 0 radical (unpaired) electrons. The zero-order valence-corrected chi connectivity index (χ0v) is 14.9. The van der Waals surface area contributed by atoms with Crippen molar-refractivity contribution in [1.29, 1.82) is 0 Å². The van der Waals surface area contributed by atoms with Gasteiger partial charge in [0.15, 0.2) is 0 Å². The number of hydrogen-bond donors (Lipinski definition) is 3. The van der Waals surface area contributed by atoms with Gasteiger partial charge in [0.05, 0.1) is 36.9 Å². The fourth-order valence-corrected chi connectivity index (χ4v) is 4.20. The lowest BCUT2D eigenvalue weighted by Gasteiger charge is -2.10. The van der Waals surface area contributed by atoms with Crippen LogP contribution in [0.1, 0.15) is 25.7 Å². The molecule has 0 saturated carbocycles. The first-order valence-electron chi connectivity index (χ1n) is 7.17. The summed E-state index contributed by atoms with van der Waals surface area (Å²) in [6, 6.07) is 7.49. The van der Waals surface area contributed by atoms with Crippen molar-refractivity contribution in [2.45, 2.75) is 11.8 Å². The summed E-state index contributed by atoms with van der Waals surface area (Å²) in [5.74, 6) is -2.74. The van der Waals surface area contributed by atoms with Crippen LogP contribution < -0.4 is 4.72 Å². The highest BCUT2D eigenvalue weighted by molar-refractivity contribution is 7.92. The van der Waals surface area contributed by atoms with Gasteiger partial charge < -0.3 is 10.2 Å². The Hall–Kier alpha value is -2.98. The van der Waals surface area contributed by atoms with Gasteiger partial charge in [0.2, 0.25) is 0 Å². The second-order valence-corrected chi connectivity index (χ2v) is 8.29. The van der Waals surface area contributed by atoms with Crippen molar-refractivity contribution in [1.82, 2.24) is 4.98 Å². The van der Waals surface area contributed by atoms with Gasteiger partial charge >= 0.3 is 11.9 Å². The molecular weight excluding hydrogens is 380 g/mol. The maximum absolute atomic E-state index is 12.6. The Balaban J connectivity index is 2.02. The number of nitrogens with zero attached hydrogens (tertiary/aromatic N) is 1. The van der Waals surface area contributed by atoms with Crippen LogP contribution in [0.25, 0.3) is 10.2 Å². The van der Waals surface area contributed by atoms with E-state index in [2.05, 4.69) is 9.71 Å². The van der Waals surface area contributed by atoms with E-state index in [0.717, 1.165) is 27.9 Å². The predicted octanol–water partition coefficient (Wildman–Crippen LogP) is 2.80. The molecule has 0 atom stereocenters. The van der Waals surface area contributed by atoms with E-state index >= 15 is 0 Å². The molecule has 1 aromatic heterocycles. The van der Waals surface area contributed by atoms with Crippen LogP contribution >= 0.6 is 11.3 Å². The number of carboxylic acids is 2. The first-order valence-corrected chi connectivity index (χ1v) is 9.47. The van der Waals surface area contributed by atoms with Gasteiger partial charge in [-0.25, -0.2) is 23.0 Å². The highest BCUT2D eigenvalue weighted by atomic mass is 32.2. The van der Waals surface area contributed by atoms with Gasteiger partial charge in [0, 0.05) is 0 Å². The topological polar surface area (TPSA) is 134 Å². The van der Waals surface area contributed by atoms with Crippen LogP contribution in [0.2, 0.25) is 0 Å². The average molecular weight is 392 g/mol. The molecule has 1 heterocycles. The molecule has 0 bridgehead atoms. The maximum atomic E-state index is 12.6. The molecule has 2 aromatic carbocycles. The van der Waals surface area contributed by atoms with Crippen LogP contribution in [-0.2, 0) is 10.0 Å². The van der Waals surface area contributed by atoms with E-state index in [0.29, 0.717) is 5.52 Å². The number of benzene rings is 2. The van der Waals surface area contributed by atoms with E-state index in [1.165, 1.54) is 23.5 Å². The second-order valence-electron chi connectivity index (χ2n) is 5.38. The highest BCUT2D eigenvalue weighted by Crippen LogP contribution is 2.26. The molecule has 0 amide bonds. The molecule has 3 aromatic rings. The largest absolute Gasteiger partial charge is 0.478 e. The number of anilines is 1. The monoisotopic (exact) mass is 392 g/mol. The van der Waals surface area contributed by atoms with Crippen molar-refractivity contribution in [2.75, 3.05) is 4.72 Å². The lowest BCUT2D eigenvalue weighted by Crippen LogP contribution is -2.14. The summed E-state index contributed by atoms with van der Waals surface area (Å²) in [5.41, 5.74) is -0.306. The molecule has 3 rings (SSSR count). The van der Waals surface area contributed by atoms with Crippen molar-refractivity contribution < 1.29 is 28.2 Å². The molecule has 0 aliphatic carbocycles. The molecule has 0 unspecified atom stereocenters. The molecule has 10 heteroatoms. The van der Waals surface area contributed by atoms with E-state index in [4.69, 9.17) is 10.2 Å². The van der Waals surface area contributed by atoms with E-state index < -0.39 is 22.0 Å². The molecular formula is C16H12N2O6S2. The third-order valence-electron chi connectivity index (χ3n) is 3.46. The predicted molar refractivity (Wildman–Crippen MR) is 95.5 cm³/mol. The molecule has 0 fully saturated rings. The van der Waals surface area contributed by atoms with Crippen LogP contribution in [0.15, 0.2) is 41.3 Å². The Morgan fingerprint density at radius 3 is 2.23 bits per heavy atom. The zero-order chi connectivity index (χ0) is 19.1. The van der Waals surface area contributed by atoms with Crippen molar-refractivity contribution in [3.8, 4) is 0 Å². The minimum Gasteiger partial charge on any atom is -0.478 e. The quantitative estimate of drug-likeness (QED) is 0.608. The van der Waals surface area contributed by atoms with Gasteiger partial charge in [0.1, 0.15) is 0 Å². The van der Waals surface area contributed by atoms with Crippen LogP contribution in [0.5, 0.6) is 0 Å². The fraction of sp³-hybridized carbons (Fsp3) is 0.0625. The summed E-state index contributed by atoms with van der Waals surface area (Å²) in [4.78, 5) is 26.4. The number of thiazole rings is 1. The molecule has 0 saturated heterocycles. The molecule has 0 aliphatic rings. The maximum Gasteiger partial charge on any atom is 0.335 e. The minimum atomic E-state index is -4.05. The average Bonchev–Trinajstić information content (AvgIpc) is 2.93. The van der Waals surface area contributed by atoms with Crippen molar-refractivity contribution in [3.05, 3.63) is 52.5 Å². The number of rotatable bonds is 5. The Morgan fingerprint density at radius 2 is 1.65 bits per heavy atom. The molecule has 26 heavy (non-hydrogen) atoms. The third-order valence-corrected chi connectivity index (χ3v) is 5.79. The number of hydrogen-bond acceptors (Lipinski definition) is 6. The van der Waals surface area contributed by atoms with Gasteiger partial charge in [-0.05, 0) is 43.3 Å². The van der Waals surface area contributed by atoms with Gasteiger partial charge in [-0.1, -0.05) is 0 Å². The zero-order valence-electron chi connectivity index (χ0n) is 13.3. The smallest absolute Gasteiger partial charge is 0.335 e. The van der Waals surface area contributed by atoms with Gasteiger partial charge in [-0.15, -0.1) is 11.3 Å². The Morgan fingerprint density at radius 1 is 1.04 bits per heavy atom. The number of fused-ring (bicyclic) bond motifs is 1.